The fraction of sp³-hybridized carbons (Fsp3) is 0.143. The number of carbonyl (C=O) groups is 2. The zero-order valence-electron chi connectivity index (χ0n) is 16.4. The molecule has 10 heteroatoms. The zero-order valence-corrected chi connectivity index (χ0v) is 16.4. The van der Waals surface area contributed by atoms with Crippen molar-refractivity contribution < 1.29 is 18.7 Å². The van der Waals surface area contributed by atoms with Crippen molar-refractivity contribution in [2.24, 2.45) is 0 Å². The van der Waals surface area contributed by atoms with Gasteiger partial charge in [-0.2, -0.15) is 4.98 Å². The Morgan fingerprint density at radius 2 is 1.77 bits per heavy atom. The number of carbonyl (C=O) groups excluding carboxylic acids is 2. The minimum atomic E-state index is -1.04. The summed E-state index contributed by atoms with van der Waals surface area (Å²) >= 11 is 0. The molecule has 1 unspecified atom stereocenters. The van der Waals surface area contributed by atoms with Crippen LogP contribution in [0.15, 0.2) is 53.3 Å². The van der Waals surface area contributed by atoms with E-state index in [-0.39, 0.29) is 23.8 Å². The van der Waals surface area contributed by atoms with E-state index in [2.05, 4.69) is 25.9 Å². The average molecular weight is 423 g/mol. The van der Waals surface area contributed by atoms with Crippen molar-refractivity contribution in [3.05, 3.63) is 70.3 Å². The van der Waals surface area contributed by atoms with Crippen LogP contribution in [0.1, 0.15) is 17.9 Å². The Kier molecular flexibility index (Phi) is 5.35. The Morgan fingerprint density at radius 1 is 1.10 bits per heavy atom. The van der Waals surface area contributed by atoms with E-state index >= 15 is 0 Å². The first-order chi connectivity index (χ1) is 14.9. The summed E-state index contributed by atoms with van der Waals surface area (Å²) in [4.78, 5) is 44.5. The van der Waals surface area contributed by atoms with Gasteiger partial charge in [-0.15, -0.1) is 0 Å². The lowest BCUT2D eigenvalue weighted by Gasteiger charge is -2.23. The molecule has 4 N–H and O–H groups in total. The van der Waals surface area contributed by atoms with E-state index in [4.69, 9.17) is 4.74 Å². The molecule has 3 aromatic rings. The molecule has 0 radical (unpaired) electrons. The van der Waals surface area contributed by atoms with Crippen LogP contribution in [0.4, 0.5) is 27.5 Å². The van der Waals surface area contributed by atoms with E-state index in [1.165, 1.54) is 24.3 Å². The van der Waals surface area contributed by atoms with E-state index in [0.29, 0.717) is 17.1 Å². The van der Waals surface area contributed by atoms with Gasteiger partial charge in [-0.05, 0) is 48.5 Å². The van der Waals surface area contributed by atoms with Crippen molar-refractivity contribution >= 4 is 35.0 Å². The van der Waals surface area contributed by atoms with Crippen molar-refractivity contribution in [1.82, 2.24) is 9.97 Å². The number of nitrogens with one attached hydrogen (secondary N) is 4. The van der Waals surface area contributed by atoms with Crippen LogP contribution in [0.2, 0.25) is 0 Å². The molecule has 0 bridgehead atoms. The number of hydrogen-bond donors (Lipinski definition) is 4. The van der Waals surface area contributed by atoms with Crippen LogP contribution >= 0.6 is 0 Å². The molecule has 158 valence electrons. The molecule has 0 saturated heterocycles. The molecule has 0 saturated carbocycles. The van der Waals surface area contributed by atoms with Crippen molar-refractivity contribution in [2.45, 2.75) is 12.3 Å². The lowest BCUT2D eigenvalue weighted by molar-refractivity contribution is -0.123. The number of amides is 2. The largest absolute Gasteiger partial charge is 0.497 e. The first-order valence-electron chi connectivity index (χ1n) is 9.34. The number of rotatable bonds is 5. The number of benzene rings is 2. The summed E-state index contributed by atoms with van der Waals surface area (Å²) < 4.78 is 18.2. The van der Waals surface area contributed by atoms with E-state index in [9.17, 15) is 18.8 Å². The van der Waals surface area contributed by atoms with Gasteiger partial charge in [0.25, 0.3) is 5.56 Å². The molecule has 1 aromatic heterocycles. The molecule has 4 rings (SSSR count). The van der Waals surface area contributed by atoms with Crippen LogP contribution in [0.25, 0.3) is 0 Å². The highest BCUT2D eigenvalue weighted by atomic mass is 19.1. The maximum atomic E-state index is 13.1. The van der Waals surface area contributed by atoms with Gasteiger partial charge < -0.3 is 20.7 Å². The average Bonchev–Trinajstić information content (AvgIpc) is 2.75. The van der Waals surface area contributed by atoms with E-state index in [1.54, 1.807) is 31.4 Å². The lowest BCUT2D eigenvalue weighted by Crippen LogP contribution is -2.36. The number of ether oxygens (including phenoxy) is 1. The Balaban J connectivity index is 1.60. The highest BCUT2D eigenvalue weighted by molar-refractivity contribution is 6.04. The number of anilines is 4. The third-order valence-electron chi connectivity index (χ3n) is 4.73. The van der Waals surface area contributed by atoms with Crippen molar-refractivity contribution in [2.75, 3.05) is 23.1 Å². The fourth-order valence-electron chi connectivity index (χ4n) is 3.23. The molecule has 0 aliphatic carbocycles. The number of halogens is 1. The van der Waals surface area contributed by atoms with E-state index in [0.717, 1.165) is 0 Å². The smallest absolute Gasteiger partial charge is 0.258 e. The number of fused-ring (bicyclic) bond motifs is 1. The van der Waals surface area contributed by atoms with Gasteiger partial charge in [0.05, 0.1) is 18.6 Å². The summed E-state index contributed by atoms with van der Waals surface area (Å²) in [6.45, 7) is 0. The Morgan fingerprint density at radius 3 is 2.45 bits per heavy atom. The number of aromatic nitrogens is 2. The molecular formula is C21H18FN5O4. The number of aromatic amines is 1. The topological polar surface area (TPSA) is 125 Å². The minimum absolute atomic E-state index is 0.00951. The summed E-state index contributed by atoms with van der Waals surface area (Å²) in [7, 11) is 1.55. The molecule has 2 amide bonds. The molecule has 2 heterocycles. The van der Waals surface area contributed by atoms with E-state index < -0.39 is 29.1 Å². The van der Waals surface area contributed by atoms with Gasteiger partial charge in [-0.1, -0.05) is 0 Å². The van der Waals surface area contributed by atoms with E-state index in [1.807, 2.05) is 0 Å². The lowest BCUT2D eigenvalue weighted by atomic mass is 9.92. The summed E-state index contributed by atoms with van der Waals surface area (Å²) in [5, 5.41) is 8.08. The maximum absolute atomic E-state index is 13.1. The molecule has 9 nitrogen and oxygen atoms in total. The van der Waals surface area contributed by atoms with Crippen molar-refractivity contribution in [1.29, 1.82) is 0 Å². The molecule has 1 aliphatic rings. The maximum Gasteiger partial charge on any atom is 0.258 e. The Bertz CT molecular complexity index is 1190. The molecule has 0 fully saturated rings. The second-order valence-corrected chi connectivity index (χ2v) is 6.83. The highest BCUT2D eigenvalue weighted by Crippen LogP contribution is 2.30. The summed E-state index contributed by atoms with van der Waals surface area (Å²) in [5.41, 5.74) is 0.484. The standard InChI is InChI=1S/C21H18FN5O4/c1-31-14-8-6-13(7-9-14)24-21-26-18-17(20(30)27-21)15(10-16(28)25-18)19(29)23-12-4-2-11(22)3-5-12/h2-9,15H,10H2,1H3,(H,23,29)(H3,24,25,26,27,28,30). The normalized spacial score (nSPS) is 14.9. The van der Waals surface area contributed by atoms with Crippen LogP contribution in [0.3, 0.4) is 0 Å². The Labute approximate surface area is 175 Å². The minimum Gasteiger partial charge on any atom is -0.497 e. The highest BCUT2D eigenvalue weighted by Gasteiger charge is 2.34. The van der Waals surface area contributed by atoms with Crippen LogP contribution in [0.5, 0.6) is 5.75 Å². The molecule has 0 spiro atoms. The van der Waals surface area contributed by atoms with Gasteiger partial charge in [0.2, 0.25) is 17.8 Å². The van der Waals surface area contributed by atoms with Gasteiger partial charge in [0.15, 0.2) is 0 Å². The predicted octanol–water partition coefficient (Wildman–Crippen LogP) is 2.73. The van der Waals surface area contributed by atoms with Crippen molar-refractivity contribution in [3.63, 3.8) is 0 Å². The fourth-order valence-corrected chi connectivity index (χ4v) is 3.23. The third-order valence-corrected chi connectivity index (χ3v) is 4.73. The summed E-state index contributed by atoms with van der Waals surface area (Å²) in [6.07, 6.45) is -0.212. The monoisotopic (exact) mass is 423 g/mol. The molecule has 1 aliphatic heterocycles. The van der Waals surface area contributed by atoms with Crippen LogP contribution < -0.4 is 26.2 Å². The van der Waals surface area contributed by atoms with Crippen molar-refractivity contribution in [3.8, 4) is 5.75 Å². The van der Waals surface area contributed by atoms with Crippen LogP contribution in [0, 0.1) is 5.82 Å². The molecule has 1 atom stereocenters. The van der Waals surface area contributed by atoms with Gasteiger partial charge >= 0.3 is 0 Å². The first kappa shape index (κ1) is 20.1. The number of nitrogens with zero attached hydrogens (tertiary/aromatic N) is 1. The first-order valence-corrected chi connectivity index (χ1v) is 9.34. The van der Waals surface area contributed by atoms with Gasteiger partial charge in [-0.25, -0.2) is 4.39 Å². The third kappa shape index (κ3) is 4.37. The molecule has 31 heavy (non-hydrogen) atoms. The number of H-pyrrole nitrogens is 1. The zero-order chi connectivity index (χ0) is 22.0. The second-order valence-electron chi connectivity index (χ2n) is 6.83. The summed E-state index contributed by atoms with van der Waals surface area (Å²) in [5.74, 6) is -1.71. The van der Waals surface area contributed by atoms with Gasteiger partial charge in [0.1, 0.15) is 17.4 Å². The predicted molar refractivity (Wildman–Crippen MR) is 112 cm³/mol. The second kappa shape index (κ2) is 8.27. The van der Waals surface area contributed by atoms with Crippen LogP contribution in [-0.2, 0) is 9.59 Å². The van der Waals surface area contributed by atoms with Gasteiger partial charge in [0, 0.05) is 17.8 Å². The van der Waals surface area contributed by atoms with Crippen LogP contribution in [-0.4, -0.2) is 28.9 Å². The molecule has 2 aromatic carbocycles. The Hall–Kier alpha value is -4.21. The number of hydrogen-bond acceptors (Lipinski definition) is 6. The quantitative estimate of drug-likeness (QED) is 0.500. The molecular weight excluding hydrogens is 405 g/mol. The van der Waals surface area contributed by atoms with Gasteiger partial charge in [-0.3, -0.25) is 19.4 Å². The number of methoxy groups -OCH3 is 1. The summed E-state index contributed by atoms with van der Waals surface area (Å²) in [6, 6.07) is 12.1. The SMILES string of the molecule is COc1ccc(Nc2nc3c(c(=O)[nH]2)C(C(=O)Nc2ccc(F)cc2)CC(=O)N3)cc1.